The van der Waals surface area contributed by atoms with Crippen LogP contribution >= 0.6 is 0 Å². The third-order valence-corrected chi connectivity index (χ3v) is 8.72. The van der Waals surface area contributed by atoms with Crippen molar-refractivity contribution in [1.29, 1.82) is 0 Å². The third kappa shape index (κ3) is 4.16. The molecule has 1 aromatic heterocycles. The van der Waals surface area contributed by atoms with E-state index in [1.165, 1.54) is 38.6 Å². The maximum atomic E-state index is 4.98. The van der Waals surface area contributed by atoms with E-state index in [2.05, 4.69) is 92.7 Å². The van der Waals surface area contributed by atoms with E-state index >= 15 is 0 Å². The third-order valence-electron chi connectivity index (χ3n) is 8.72. The van der Waals surface area contributed by atoms with Crippen molar-refractivity contribution in [3.63, 3.8) is 0 Å². The van der Waals surface area contributed by atoms with Gasteiger partial charge in [-0.15, -0.1) is 0 Å². The second kappa shape index (κ2) is 9.85. The van der Waals surface area contributed by atoms with Crippen LogP contribution in [0, 0.1) is 0 Å². The first-order valence-electron chi connectivity index (χ1n) is 14.7. The predicted molar refractivity (Wildman–Crippen MR) is 177 cm³/mol. The molecule has 1 aliphatic rings. The minimum atomic E-state index is -0.0539. The highest BCUT2D eigenvalue weighted by atomic mass is 15.0. The lowest BCUT2D eigenvalue weighted by Gasteiger charge is -2.21. The van der Waals surface area contributed by atoms with Gasteiger partial charge in [0.25, 0.3) is 0 Å². The lowest BCUT2D eigenvalue weighted by atomic mass is 9.81. The van der Waals surface area contributed by atoms with E-state index in [9.17, 15) is 0 Å². The fourth-order valence-corrected chi connectivity index (χ4v) is 6.58. The van der Waals surface area contributed by atoms with Crippen molar-refractivity contribution in [3.8, 4) is 56.4 Å². The molecule has 3 heteroatoms. The summed E-state index contributed by atoms with van der Waals surface area (Å²) in [6.07, 6.45) is 0. The largest absolute Gasteiger partial charge is 0.208 e. The Bertz CT molecular complexity index is 2090. The summed E-state index contributed by atoms with van der Waals surface area (Å²) in [7, 11) is 0. The van der Waals surface area contributed by atoms with Crippen LogP contribution in [0.4, 0.5) is 0 Å². The maximum absolute atomic E-state index is 4.98. The van der Waals surface area contributed by atoms with E-state index in [4.69, 9.17) is 15.0 Å². The summed E-state index contributed by atoms with van der Waals surface area (Å²) in [6, 6.07) is 48.9. The molecular formula is C40H29N3. The zero-order valence-corrected chi connectivity index (χ0v) is 24.1. The van der Waals surface area contributed by atoms with Gasteiger partial charge in [-0.2, -0.15) is 0 Å². The fraction of sp³-hybridized carbons (Fsp3) is 0.0750. The number of hydrogen-bond donors (Lipinski definition) is 0. The Morgan fingerprint density at radius 1 is 0.419 bits per heavy atom. The molecule has 0 saturated carbocycles. The SMILES string of the molecule is CC1(C)c2ccccc2-c2c1ccc1cccc(-c3cccc(-c4nc(-c5ccccc5)nc(-c5ccccc5)n4)c3)c21. The molecule has 0 saturated heterocycles. The number of hydrogen-bond acceptors (Lipinski definition) is 3. The standard InChI is InChI=1S/C40H29N3/c1-40(2)33-22-10-9-20-32(33)36-34(40)24-23-26-17-12-21-31(35(26)36)29-18-11-19-30(25-29)39-42-37(27-13-5-3-6-14-27)41-38(43-39)28-15-7-4-8-16-28/h3-25H,1-2H3. The number of fused-ring (bicyclic) bond motifs is 5. The Hall–Kier alpha value is -5.41. The molecule has 6 aromatic carbocycles. The Kier molecular flexibility index (Phi) is 5.80. The van der Waals surface area contributed by atoms with Crippen molar-refractivity contribution >= 4 is 10.8 Å². The summed E-state index contributed by atoms with van der Waals surface area (Å²) in [5.41, 5.74) is 10.6. The molecule has 0 unspecified atom stereocenters. The van der Waals surface area contributed by atoms with E-state index in [-0.39, 0.29) is 5.41 Å². The van der Waals surface area contributed by atoms with E-state index < -0.39 is 0 Å². The summed E-state index contributed by atoms with van der Waals surface area (Å²) in [5, 5.41) is 2.54. The molecule has 1 aliphatic carbocycles. The van der Waals surface area contributed by atoms with Crippen molar-refractivity contribution in [3.05, 3.63) is 151 Å². The highest BCUT2D eigenvalue weighted by Crippen LogP contribution is 2.52. The monoisotopic (exact) mass is 551 g/mol. The molecule has 8 rings (SSSR count). The minimum Gasteiger partial charge on any atom is -0.208 e. The summed E-state index contributed by atoms with van der Waals surface area (Å²) in [6.45, 7) is 4.67. The molecule has 1 heterocycles. The molecule has 0 amide bonds. The summed E-state index contributed by atoms with van der Waals surface area (Å²) >= 11 is 0. The average Bonchev–Trinajstić information content (AvgIpc) is 3.31. The molecule has 0 fully saturated rings. The molecular weight excluding hydrogens is 522 g/mol. The van der Waals surface area contributed by atoms with Crippen molar-refractivity contribution in [2.45, 2.75) is 19.3 Å². The molecule has 0 spiro atoms. The maximum Gasteiger partial charge on any atom is 0.164 e. The topological polar surface area (TPSA) is 38.7 Å². The van der Waals surface area contributed by atoms with E-state index in [1.54, 1.807) is 0 Å². The lowest BCUT2D eigenvalue weighted by Crippen LogP contribution is -2.14. The Morgan fingerprint density at radius 2 is 0.953 bits per heavy atom. The second-order valence-electron chi connectivity index (χ2n) is 11.7. The molecule has 3 nitrogen and oxygen atoms in total. The highest BCUT2D eigenvalue weighted by molar-refractivity contribution is 6.10. The normalized spacial score (nSPS) is 13.1. The minimum absolute atomic E-state index is 0.0539. The van der Waals surface area contributed by atoms with Gasteiger partial charge in [0.05, 0.1) is 0 Å². The molecule has 0 bridgehead atoms. The van der Waals surface area contributed by atoms with Crippen molar-refractivity contribution in [2.75, 3.05) is 0 Å². The first kappa shape index (κ1) is 25.3. The van der Waals surface area contributed by atoms with E-state index in [0.717, 1.165) is 22.3 Å². The van der Waals surface area contributed by atoms with Crippen molar-refractivity contribution in [2.24, 2.45) is 0 Å². The molecule has 7 aromatic rings. The molecule has 0 atom stereocenters. The van der Waals surface area contributed by atoms with Gasteiger partial charge in [0.15, 0.2) is 17.5 Å². The Balaban J connectivity index is 1.33. The Morgan fingerprint density at radius 3 is 1.65 bits per heavy atom. The quantitative estimate of drug-likeness (QED) is 0.218. The zero-order valence-electron chi connectivity index (χ0n) is 24.1. The number of benzene rings is 6. The van der Waals surface area contributed by atoms with Crippen LogP contribution in [0.25, 0.3) is 67.2 Å². The smallest absolute Gasteiger partial charge is 0.164 e. The van der Waals surface area contributed by atoms with Crippen LogP contribution in [0.2, 0.25) is 0 Å². The van der Waals surface area contributed by atoms with E-state index in [0.29, 0.717) is 17.5 Å². The summed E-state index contributed by atoms with van der Waals surface area (Å²) < 4.78 is 0. The average molecular weight is 552 g/mol. The number of nitrogens with zero attached hydrogens (tertiary/aromatic N) is 3. The van der Waals surface area contributed by atoms with Crippen LogP contribution in [0.15, 0.2) is 140 Å². The van der Waals surface area contributed by atoms with Crippen LogP contribution in [0.3, 0.4) is 0 Å². The van der Waals surface area contributed by atoms with Crippen LogP contribution in [-0.4, -0.2) is 15.0 Å². The highest BCUT2D eigenvalue weighted by Gasteiger charge is 2.36. The fourth-order valence-electron chi connectivity index (χ4n) is 6.58. The molecule has 0 radical (unpaired) electrons. The van der Waals surface area contributed by atoms with Crippen LogP contribution in [0.1, 0.15) is 25.0 Å². The van der Waals surface area contributed by atoms with Crippen LogP contribution < -0.4 is 0 Å². The van der Waals surface area contributed by atoms with Crippen molar-refractivity contribution < 1.29 is 0 Å². The van der Waals surface area contributed by atoms with Crippen LogP contribution in [0.5, 0.6) is 0 Å². The van der Waals surface area contributed by atoms with Crippen molar-refractivity contribution in [1.82, 2.24) is 15.0 Å². The number of aromatic nitrogens is 3. The van der Waals surface area contributed by atoms with Gasteiger partial charge in [-0.25, -0.2) is 15.0 Å². The first-order valence-corrected chi connectivity index (χ1v) is 14.7. The van der Waals surface area contributed by atoms with Gasteiger partial charge in [0.2, 0.25) is 0 Å². The first-order chi connectivity index (χ1) is 21.1. The predicted octanol–water partition coefficient (Wildman–Crippen LogP) is 10.00. The molecule has 0 N–H and O–H groups in total. The van der Waals surface area contributed by atoms with Gasteiger partial charge < -0.3 is 0 Å². The van der Waals surface area contributed by atoms with Gasteiger partial charge in [-0.1, -0.05) is 147 Å². The summed E-state index contributed by atoms with van der Waals surface area (Å²) in [4.78, 5) is 14.8. The van der Waals surface area contributed by atoms with Gasteiger partial charge in [0, 0.05) is 22.1 Å². The zero-order chi connectivity index (χ0) is 29.0. The number of rotatable bonds is 4. The second-order valence-corrected chi connectivity index (χ2v) is 11.7. The van der Waals surface area contributed by atoms with Gasteiger partial charge in [-0.05, 0) is 50.2 Å². The van der Waals surface area contributed by atoms with Gasteiger partial charge in [0.1, 0.15) is 0 Å². The molecule has 43 heavy (non-hydrogen) atoms. The lowest BCUT2D eigenvalue weighted by molar-refractivity contribution is 0.661. The molecule has 204 valence electrons. The van der Waals surface area contributed by atoms with Gasteiger partial charge in [-0.3, -0.25) is 0 Å². The molecule has 0 aliphatic heterocycles. The Labute approximate surface area is 251 Å². The van der Waals surface area contributed by atoms with Crippen LogP contribution in [-0.2, 0) is 5.41 Å². The van der Waals surface area contributed by atoms with Gasteiger partial charge >= 0.3 is 0 Å². The van der Waals surface area contributed by atoms with E-state index in [1.807, 2.05) is 60.7 Å². The summed E-state index contributed by atoms with van der Waals surface area (Å²) in [5.74, 6) is 1.99.